The molecule has 0 aliphatic rings. The summed E-state index contributed by atoms with van der Waals surface area (Å²) in [6.45, 7) is 11.6. The molecule has 0 aliphatic carbocycles. The zero-order valence-electron chi connectivity index (χ0n) is 33.6. The molecular weight excluding hydrogens is 688 g/mol. The number of benzene rings is 4. The third-order valence-electron chi connectivity index (χ3n) is 9.21. The SMILES string of the molecule is CCC(O)COc1c(C)cc(-c2cc(C)c(OCC(O)COc3c(COC)cc(-c4cc(COC)c(OC)c(COC)c4)cc3COC)c(C)c2)cc1C. The van der Waals surface area contributed by atoms with Crippen LogP contribution in [0.25, 0.3) is 22.3 Å². The van der Waals surface area contributed by atoms with Crippen molar-refractivity contribution in [3.8, 4) is 45.3 Å². The molecule has 0 aromatic heterocycles. The number of aliphatic hydroxyl groups is 2. The molecule has 0 radical (unpaired) electrons. The van der Waals surface area contributed by atoms with Crippen molar-refractivity contribution in [3.05, 3.63) is 93.0 Å². The van der Waals surface area contributed by atoms with E-state index in [1.54, 1.807) is 35.5 Å². The van der Waals surface area contributed by atoms with Gasteiger partial charge >= 0.3 is 0 Å². The van der Waals surface area contributed by atoms with Gasteiger partial charge in [0.05, 0.1) is 39.6 Å². The molecule has 10 nitrogen and oxygen atoms in total. The van der Waals surface area contributed by atoms with Crippen LogP contribution in [0, 0.1) is 27.7 Å². The second kappa shape index (κ2) is 20.5. The fraction of sp³-hybridized carbons (Fsp3) is 0.455. The molecule has 4 rings (SSSR count). The Morgan fingerprint density at radius 3 is 1.04 bits per heavy atom. The van der Waals surface area contributed by atoms with E-state index in [-0.39, 0.29) is 19.8 Å². The minimum absolute atomic E-state index is 0.00369. The summed E-state index contributed by atoms with van der Waals surface area (Å²) in [5, 5.41) is 21.0. The fourth-order valence-corrected chi connectivity index (χ4v) is 6.73. The summed E-state index contributed by atoms with van der Waals surface area (Å²) in [6.07, 6.45) is -0.755. The van der Waals surface area contributed by atoms with Gasteiger partial charge in [-0.2, -0.15) is 0 Å². The topological polar surface area (TPSA) is 114 Å². The molecule has 0 heterocycles. The standard InChI is InChI=1S/C44H58O10/c1-11-39(45)24-52-41-27(2)12-31(13-28(41)3)32-14-29(4)42(30(5)15-32)53-25-40(46)26-54-44-37(22-49-8)18-34(19-38(44)23-50-9)33-16-35(20-47-6)43(51-10)36(17-33)21-48-7/h12-19,39-40,45-46H,11,20-26H2,1-10H3. The molecule has 54 heavy (non-hydrogen) atoms. The van der Waals surface area contributed by atoms with Crippen molar-refractivity contribution < 1.29 is 48.1 Å². The lowest BCUT2D eigenvalue weighted by atomic mass is 9.95. The second-order valence-corrected chi connectivity index (χ2v) is 13.7. The molecule has 4 aromatic carbocycles. The lowest BCUT2D eigenvalue weighted by Gasteiger charge is -2.21. The fourth-order valence-electron chi connectivity index (χ4n) is 6.73. The van der Waals surface area contributed by atoms with Crippen molar-refractivity contribution in [2.75, 3.05) is 55.4 Å². The summed E-state index contributed by atoms with van der Waals surface area (Å²) in [6, 6.07) is 16.6. The third kappa shape index (κ3) is 10.7. The molecular formula is C44H58O10. The summed E-state index contributed by atoms with van der Waals surface area (Å²) in [7, 11) is 8.23. The Bertz CT molecular complexity index is 1730. The summed E-state index contributed by atoms with van der Waals surface area (Å²) in [4.78, 5) is 0. The Morgan fingerprint density at radius 1 is 0.426 bits per heavy atom. The highest BCUT2D eigenvalue weighted by atomic mass is 16.5. The molecule has 10 heteroatoms. The van der Waals surface area contributed by atoms with E-state index in [1.807, 2.05) is 46.8 Å². The number of hydrogen-bond donors (Lipinski definition) is 2. The van der Waals surface area contributed by atoms with Crippen LogP contribution in [0.1, 0.15) is 57.9 Å². The van der Waals surface area contributed by atoms with Crippen molar-refractivity contribution in [2.24, 2.45) is 0 Å². The first-order chi connectivity index (χ1) is 26.0. The van der Waals surface area contributed by atoms with Gasteiger partial charge < -0.3 is 48.1 Å². The zero-order valence-corrected chi connectivity index (χ0v) is 33.6. The van der Waals surface area contributed by atoms with Gasteiger partial charge in [0.2, 0.25) is 0 Å². The molecule has 294 valence electrons. The van der Waals surface area contributed by atoms with Gasteiger partial charge in [-0.05, 0) is 127 Å². The molecule has 0 spiro atoms. The zero-order chi connectivity index (χ0) is 39.4. The first-order valence-electron chi connectivity index (χ1n) is 18.3. The molecule has 0 fully saturated rings. The van der Waals surface area contributed by atoms with Gasteiger partial charge in [-0.3, -0.25) is 0 Å². The van der Waals surface area contributed by atoms with Gasteiger partial charge in [-0.15, -0.1) is 0 Å². The number of hydrogen-bond acceptors (Lipinski definition) is 10. The van der Waals surface area contributed by atoms with Crippen LogP contribution < -0.4 is 18.9 Å². The van der Waals surface area contributed by atoms with E-state index >= 15 is 0 Å². The summed E-state index contributed by atoms with van der Waals surface area (Å²) in [5.74, 6) is 2.87. The van der Waals surface area contributed by atoms with Crippen molar-refractivity contribution in [1.29, 1.82) is 0 Å². The maximum Gasteiger partial charge on any atom is 0.130 e. The smallest absolute Gasteiger partial charge is 0.130 e. The largest absolute Gasteiger partial charge is 0.496 e. The quantitative estimate of drug-likeness (QED) is 0.0875. The van der Waals surface area contributed by atoms with Crippen LogP contribution >= 0.6 is 0 Å². The monoisotopic (exact) mass is 746 g/mol. The highest BCUT2D eigenvalue weighted by Crippen LogP contribution is 2.38. The summed E-state index contributed by atoms with van der Waals surface area (Å²) in [5.41, 5.74) is 11.4. The van der Waals surface area contributed by atoms with Crippen LogP contribution in [-0.4, -0.2) is 77.8 Å². The minimum atomic E-state index is -0.909. The first kappa shape index (κ1) is 42.6. The second-order valence-electron chi connectivity index (χ2n) is 13.7. The molecule has 2 unspecified atom stereocenters. The molecule has 0 amide bonds. The lowest BCUT2D eigenvalue weighted by molar-refractivity contribution is 0.0597. The normalized spacial score (nSPS) is 12.4. The first-order valence-corrected chi connectivity index (χ1v) is 18.3. The van der Waals surface area contributed by atoms with Crippen LogP contribution in [0.3, 0.4) is 0 Å². The predicted molar refractivity (Wildman–Crippen MR) is 211 cm³/mol. The number of aliphatic hydroxyl groups excluding tert-OH is 2. The molecule has 0 saturated carbocycles. The van der Waals surface area contributed by atoms with E-state index in [1.165, 1.54) is 0 Å². The number of rotatable bonds is 21. The molecule has 0 bridgehead atoms. The Morgan fingerprint density at radius 2 is 0.722 bits per heavy atom. The Hall–Kier alpha value is -4.16. The minimum Gasteiger partial charge on any atom is -0.496 e. The van der Waals surface area contributed by atoms with Crippen LogP contribution in [0.5, 0.6) is 23.0 Å². The number of ether oxygens (including phenoxy) is 8. The van der Waals surface area contributed by atoms with Crippen LogP contribution in [0.4, 0.5) is 0 Å². The Balaban J connectivity index is 1.52. The van der Waals surface area contributed by atoms with Crippen LogP contribution in [0.2, 0.25) is 0 Å². The van der Waals surface area contributed by atoms with E-state index in [2.05, 4.69) is 36.4 Å². The van der Waals surface area contributed by atoms with Gasteiger partial charge in [-0.25, -0.2) is 0 Å². The van der Waals surface area contributed by atoms with Crippen molar-refractivity contribution >= 4 is 0 Å². The molecule has 2 atom stereocenters. The van der Waals surface area contributed by atoms with E-state index < -0.39 is 12.2 Å². The van der Waals surface area contributed by atoms with E-state index in [0.717, 1.165) is 84.0 Å². The van der Waals surface area contributed by atoms with Crippen molar-refractivity contribution in [3.63, 3.8) is 0 Å². The highest BCUT2D eigenvalue weighted by Gasteiger charge is 2.20. The van der Waals surface area contributed by atoms with Crippen LogP contribution in [0.15, 0.2) is 48.5 Å². The molecule has 0 saturated heterocycles. The summed E-state index contributed by atoms with van der Waals surface area (Å²) < 4.78 is 46.3. The average molecular weight is 747 g/mol. The molecule has 2 N–H and O–H groups in total. The van der Waals surface area contributed by atoms with E-state index in [0.29, 0.717) is 38.6 Å². The van der Waals surface area contributed by atoms with Crippen molar-refractivity contribution in [2.45, 2.75) is 79.7 Å². The average Bonchev–Trinajstić information content (AvgIpc) is 3.13. The van der Waals surface area contributed by atoms with Crippen molar-refractivity contribution in [1.82, 2.24) is 0 Å². The van der Waals surface area contributed by atoms with Crippen LogP contribution in [-0.2, 0) is 45.4 Å². The number of methoxy groups -OCH3 is 5. The van der Waals surface area contributed by atoms with Gasteiger partial charge in [-0.1, -0.05) is 6.92 Å². The maximum atomic E-state index is 11.1. The van der Waals surface area contributed by atoms with E-state index in [9.17, 15) is 10.2 Å². The van der Waals surface area contributed by atoms with Gasteiger partial charge in [0.25, 0.3) is 0 Å². The summed E-state index contributed by atoms with van der Waals surface area (Å²) >= 11 is 0. The number of aryl methyl sites for hydroxylation is 4. The third-order valence-corrected chi connectivity index (χ3v) is 9.21. The van der Waals surface area contributed by atoms with Gasteiger partial charge in [0.1, 0.15) is 48.9 Å². The predicted octanol–water partition coefficient (Wildman–Crippen LogP) is 7.82. The highest BCUT2D eigenvalue weighted by molar-refractivity contribution is 5.72. The molecule has 4 aromatic rings. The maximum absolute atomic E-state index is 11.1. The Labute approximate surface area is 320 Å². The Kier molecular flexibility index (Phi) is 16.2. The van der Waals surface area contributed by atoms with Gasteiger partial charge in [0.15, 0.2) is 0 Å². The molecule has 0 aliphatic heterocycles. The van der Waals surface area contributed by atoms with E-state index in [4.69, 9.17) is 37.9 Å². The van der Waals surface area contributed by atoms with Gasteiger partial charge in [0, 0.05) is 50.7 Å². The lowest BCUT2D eigenvalue weighted by Crippen LogP contribution is -2.26.